The number of hydrazine groups is 1. The Kier molecular flexibility index (Phi) is 5.26. The average Bonchev–Trinajstić information content (AvgIpc) is 2.57. The highest BCUT2D eigenvalue weighted by Crippen LogP contribution is 2.16. The lowest BCUT2D eigenvalue weighted by atomic mass is 10.3. The van der Waals surface area contributed by atoms with Crippen molar-refractivity contribution >= 4 is 29.3 Å². The van der Waals surface area contributed by atoms with E-state index in [1.54, 1.807) is 30.3 Å². The van der Waals surface area contributed by atoms with Gasteiger partial charge in [0.25, 0.3) is 0 Å². The van der Waals surface area contributed by atoms with Crippen LogP contribution in [-0.4, -0.2) is 17.9 Å². The first-order chi connectivity index (χ1) is 11.1. The summed E-state index contributed by atoms with van der Waals surface area (Å²) in [5.41, 5.74) is 2.71. The maximum Gasteiger partial charge on any atom is 0.426 e. The smallest absolute Gasteiger partial charge is 0.409 e. The molecule has 2 aromatic rings. The maximum atomic E-state index is 11.8. The van der Waals surface area contributed by atoms with Crippen LogP contribution in [0.3, 0.4) is 0 Å². The summed E-state index contributed by atoms with van der Waals surface area (Å²) in [6, 6.07) is 14.5. The van der Waals surface area contributed by atoms with Crippen LogP contribution in [0.15, 0.2) is 54.6 Å². The van der Waals surface area contributed by atoms with Crippen LogP contribution in [0.2, 0.25) is 0 Å². The highest BCUT2D eigenvalue weighted by molar-refractivity contribution is 6.43. The minimum atomic E-state index is -0.817. The van der Waals surface area contributed by atoms with Crippen molar-refractivity contribution in [1.29, 1.82) is 0 Å². The van der Waals surface area contributed by atoms with Gasteiger partial charge in [-0.15, -0.1) is 0 Å². The molecule has 0 aliphatic heterocycles. The number of hydrogen-bond donors (Lipinski definition) is 4. The Morgan fingerprint density at radius 3 is 1.83 bits per heavy atom. The minimum Gasteiger partial charge on any atom is -0.409 e. The molecule has 0 aromatic heterocycles. The third-order valence-electron chi connectivity index (χ3n) is 2.68. The highest BCUT2D eigenvalue weighted by Gasteiger charge is 2.14. The molecular weight excluding hydrogens is 300 g/mol. The summed E-state index contributed by atoms with van der Waals surface area (Å²) in [5, 5.41) is 4.89. The number of anilines is 2. The summed E-state index contributed by atoms with van der Waals surface area (Å²) >= 11 is 0. The quantitative estimate of drug-likeness (QED) is 0.294. The van der Waals surface area contributed by atoms with Crippen LogP contribution in [0.5, 0.6) is 5.75 Å². The van der Waals surface area contributed by atoms with Crippen molar-refractivity contribution in [3.63, 3.8) is 0 Å². The number of benzene rings is 2. The van der Waals surface area contributed by atoms with E-state index in [0.29, 0.717) is 11.4 Å². The Labute approximate surface area is 131 Å². The van der Waals surface area contributed by atoms with Gasteiger partial charge in [0.1, 0.15) is 5.75 Å². The molecule has 23 heavy (non-hydrogen) atoms. The van der Waals surface area contributed by atoms with E-state index in [0.717, 1.165) is 0 Å². The molecule has 118 valence electrons. The van der Waals surface area contributed by atoms with Gasteiger partial charge in [-0.1, -0.05) is 18.2 Å². The third-order valence-corrected chi connectivity index (χ3v) is 2.68. The fraction of sp³-hybridized carbons (Fsp3) is 0. The first-order valence-electron chi connectivity index (χ1n) is 6.54. The molecule has 0 atom stereocenters. The molecule has 0 radical (unpaired) electrons. The SMILES string of the molecule is NNC(=O)Oc1ccc(NC(=O)C(=O)Nc2ccccc2)cc1. The molecule has 2 aromatic carbocycles. The number of nitrogens with two attached hydrogens (primary N) is 1. The zero-order valence-electron chi connectivity index (χ0n) is 11.9. The standard InChI is InChI=1S/C15H14N4O4/c16-19-15(22)23-12-8-6-11(7-9-12)18-14(21)13(20)17-10-4-2-1-3-5-10/h1-9H,16H2,(H,17,20)(H,18,21)(H,19,22). The van der Waals surface area contributed by atoms with Crippen LogP contribution >= 0.6 is 0 Å². The Hall–Kier alpha value is -3.39. The van der Waals surface area contributed by atoms with Crippen LogP contribution in [-0.2, 0) is 9.59 Å². The topological polar surface area (TPSA) is 123 Å². The van der Waals surface area contributed by atoms with Crippen molar-refractivity contribution in [3.8, 4) is 5.75 Å². The molecular formula is C15H14N4O4. The fourth-order valence-electron chi connectivity index (χ4n) is 1.64. The van der Waals surface area contributed by atoms with Gasteiger partial charge in [0, 0.05) is 11.4 Å². The van der Waals surface area contributed by atoms with Crippen molar-refractivity contribution in [2.45, 2.75) is 0 Å². The fourth-order valence-corrected chi connectivity index (χ4v) is 1.64. The number of para-hydroxylation sites is 1. The predicted octanol–water partition coefficient (Wildman–Crippen LogP) is 1.23. The van der Waals surface area contributed by atoms with Gasteiger partial charge in [0.05, 0.1) is 0 Å². The summed E-state index contributed by atoms with van der Waals surface area (Å²) in [4.78, 5) is 34.5. The number of ether oxygens (including phenoxy) is 1. The van der Waals surface area contributed by atoms with Gasteiger partial charge in [-0.2, -0.15) is 0 Å². The van der Waals surface area contributed by atoms with E-state index < -0.39 is 17.9 Å². The second-order valence-electron chi connectivity index (χ2n) is 4.33. The van der Waals surface area contributed by atoms with Crippen molar-refractivity contribution in [1.82, 2.24) is 5.43 Å². The Bertz CT molecular complexity index is 701. The summed E-state index contributed by atoms with van der Waals surface area (Å²) in [6.45, 7) is 0. The minimum absolute atomic E-state index is 0.236. The van der Waals surface area contributed by atoms with Gasteiger partial charge in [0.15, 0.2) is 0 Å². The molecule has 0 aliphatic carbocycles. The number of carbonyl (C=O) groups excluding carboxylic acids is 3. The van der Waals surface area contributed by atoms with Crippen molar-refractivity contribution in [2.75, 3.05) is 10.6 Å². The van der Waals surface area contributed by atoms with E-state index in [1.807, 2.05) is 5.43 Å². The van der Waals surface area contributed by atoms with Crippen molar-refractivity contribution in [3.05, 3.63) is 54.6 Å². The van der Waals surface area contributed by atoms with Gasteiger partial charge in [-0.05, 0) is 36.4 Å². The summed E-state index contributed by atoms with van der Waals surface area (Å²) in [5.74, 6) is 3.51. The first kappa shape index (κ1) is 16.0. The van der Waals surface area contributed by atoms with Crippen LogP contribution in [0.25, 0.3) is 0 Å². The zero-order chi connectivity index (χ0) is 16.7. The van der Waals surface area contributed by atoms with Crippen LogP contribution in [0, 0.1) is 0 Å². The van der Waals surface area contributed by atoms with E-state index >= 15 is 0 Å². The Morgan fingerprint density at radius 1 is 0.783 bits per heavy atom. The molecule has 0 unspecified atom stereocenters. The molecule has 3 amide bonds. The predicted molar refractivity (Wildman–Crippen MR) is 83.5 cm³/mol. The molecule has 0 saturated carbocycles. The summed E-state index contributed by atoms with van der Waals surface area (Å²) in [6.07, 6.45) is -0.816. The van der Waals surface area contributed by atoms with E-state index in [2.05, 4.69) is 10.6 Å². The average molecular weight is 314 g/mol. The lowest BCUT2D eigenvalue weighted by Crippen LogP contribution is -2.32. The largest absolute Gasteiger partial charge is 0.426 e. The second kappa shape index (κ2) is 7.57. The second-order valence-corrected chi connectivity index (χ2v) is 4.33. The molecule has 0 bridgehead atoms. The Balaban J connectivity index is 1.92. The molecule has 0 fully saturated rings. The van der Waals surface area contributed by atoms with Crippen molar-refractivity contribution in [2.24, 2.45) is 5.84 Å². The van der Waals surface area contributed by atoms with Crippen molar-refractivity contribution < 1.29 is 19.1 Å². The van der Waals surface area contributed by atoms with E-state index in [1.165, 1.54) is 24.3 Å². The summed E-state index contributed by atoms with van der Waals surface area (Å²) in [7, 11) is 0. The van der Waals surface area contributed by atoms with Gasteiger partial charge in [0.2, 0.25) is 0 Å². The van der Waals surface area contributed by atoms with E-state index in [4.69, 9.17) is 10.6 Å². The molecule has 0 spiro atoms. The number of rotatable bonds is 3. The van der Waals surface area contributed by atoms with Gasteiger partial charge < -0.3 is 15.4 Å². The number of hydrogen-bond acceptors (Lipinski definition) is 5. The van der Waals surface area contributed by atoms with Crippen LogP contribution in [0.1, 0.15) is 0 Å². The molecule has 8 heteroatoms. The van der Waals surface area contributed by atoms with Gasteiger partial charge in [-0.3, -0.25) is 15.0 Å². The Morgan fingerprint density at radius 2 is 1.30 bits per heavy atom. The van der Waals surface area contributed by atoms with E-state index in [-0.39, 0.29) is 5.75 Å². The maximum absolute atomic E-state index is 11.8. The van der Waals surface area contributed by atoms with Gasteiger partial charge in [-0.25, -0.2) is 10.6 Å². The zero-order valence-corrected chi connectivity index (χ0v) is 11.9. The molecule has 0 heterocycles. The summed E-state index contributed by atoms with van der Waals surface area (Å²) < 4.78 is 4.78. The number of amides is 3. The van der Waals surface area contributed by atoms with Crippen LogP contribution < -0.4 is 26.6 Å². The van der Waals surface area contributed by atoms with E-state index in [9.17, 15) is 14.4 Å². The molecule has 5 N–H and O–H groups in total. The first-order valence-corrected chi connectivity index (χ1v) is 6.54. The highest BCUT2D eigenvalue weighted by atomic mass is 16.6. The number of carbonyl (C=O) groups is 3. The lowest BCUT2D eigenvalue weighted by molar-refractivity contribution is -0.132. The van der Waals surface area contributed by atoms with Gasteiger partial charge >= 0.3 is 17.9 Å². The van der Waals surface area contributed by atoms with Crippen LogP contribution in [0.4, 0.5) is 16.2 Å². The molecule has 8 nitrogen and oxygen atoms in total. The lowest BCUT2D eigenvalue weighted by Gasteiger charge is -2.07. The normalized spacial score (nSPS) is 9.61. The number of nitrogens with one attached hydrogen (secondary N) is 3. The molecule has 0 aliphatic rings. The molecule has 0 saturated heterocycles. The monoisotopic (exact) mass is 314 g/mol. The third kappa shape index (κ3) is 4.83. The molecule has 2 rings (SSSR count).